The maximum atomic E-state index is 5.63. The summed E-state index contributed by atoms with van der Waals surface area (Å²) < 4.78 is 11.2. The SMILES string of the molecule is NC(=S)c1ccc(OCCCOCCc2cccs2)cc1. The lowest BCUT2D eigenvalue weighted by Gasteiger charge is -2.07. The third kappa shape index (κ3) is 5.83. The molecule has 21 heavy (non-hydrogen) atoms. The summed E-state index contributed by atoms with van der Waals surface area (Å²) >= 11 is 6.67. The van der Waals surface area contributed by atoms with E-state index < -0.39 is 0 Å². The average molecular weight is 321 g/mol. The maximum absolute atomic E-state index is 5.63. The molecule has 112 valence electrons. The normalized spacial score (nSPS) is 10.5. The summed E-state index contributed by atoms with van der Waals surface area (Å²) in [5.74, 6) is 0.827. The molecule has 0 aliphatic carbocycles. The zero-order chi connectivity index (χ0) is 14.9. The van der Waals surface area contributed by atoms with Crippen LogP contribution < -0.4 is 10.5 Å². The lowest BCUT2D eigenvalue weighted by atomic mass is 10.2. The highest BCUT2D eigenvalue weighted by molar-refractivity contribution is 7.80. The molecule has 0 saturated carbocycles. The second-order valence-corrected chi connectivity index (χ2v) is 6.00. The first-order valence-electron chi connectivity index (χ1n) is 6.88. The molecule has 0 saturated heterocycles. The monoisotopic (exact) mass is 321 g/mol. The topological polar surface area (TPSA) is 44.5 Å². The van der Waals surface area contributed by atoms with E-state index in [2.05, 4.69) is 17.5 Å². The standard InChI is InChI=1S/C16H19NO2S2/c17-16(20)13-4-6-14(7-5-13)19-10-2-9-18-11-8-15-3-1-12-21-15/h1,3-7,12H,2,8-11H2,(H2,17,20). The third-order valence-corrected chi connectivity index (χ3v) is 4.09. The van der Waals surface area contributed by atoms with E-state index in [1.807, 2.05) is 24.3 Å². The molecule has 1 aromatic heterocycles. The Kier molecular flexibility index (Phi) is 6.66. The van der Waals surface area contributed by atoms with Gasteiger partial charge in [-0.15, -0.1) is 11.3 Å². The molecule has 1 aromatic carbocycles. The molecular formula is C16H19NO2S2. The molecule has 0 unspecified atom stereocenters. The number of nitrogens with two attached hydrogens (primary N) is 1. The second-order valence-electron chi connectivity index (χ2n) is 4.53. The molecule has 0 amide bonds. The smallest absolute Gasteiger partial charge is 0.119 e. The summed E-state index contributed by atoms with van der Waals surface area (Å²) in [5.41, 5.74) is 6.40. The van der Waals surface area contributed by atoms with Gasteiger partial charge in [0.2, 0.25) is 0 Å². The quantitative estimate of drug-likeness (QED) is 0.568. The van der Waals surface area contributed by atoms with Crippen molar-refractivity contribution in [1.29, 1.82) is 0 Å². The van der Waals surface area contributed by atoms with Crippen molar-refractivity contribution in [2.24, 2.45) is 5.73 Å². The van der Waals surface area contributed by atoms with E-state index in [0.717, 1.165) is 37.4 Å². The van der Waals surface area contributed by atoms with E-state index >= 15 is 0 Å². The fourth-order valence-electron chi connectivity index (χ4n) is 1.80. The van der Waals surface area contributed by atoms with Crippen LogP contribution in [0.5, 0.6) is 5.75 Å². The number of hydrogen-bond donors (Lipinski definition) is 1. The van der Waals surface area contributed by atoms with E-state index in [1.54, 1.807) is 11.3 Å². The molecule has 2 rings (SSSR count). The van der Waals surface area contributed by atoms with Crippen LogP contribution in [0.25, 0.3) is 0 Å². The molecule has 0 aliphatic heterocycles. The molecule has 0 aliphatic rings. The molecule has 0 atom stereocenters. The predicted molar refractivity (Wildman–Crippen MR) is 91.3 cm³/mol. The zero-order valence-electron chi connectivity index (χ0n) is 11.8. The van der Waals surface area contributed by atoms with Gasteiger partial charge in [-0.1, -0.05) is 18.3 Å². The molecule has 5 heteroatoms. The van der Waals surface area contributed by atoms with Crippen molar-refractivity contribution in [2.75, 3.05) is 19.8 Å². The highest BCUT2D eigenvalue weighted by atomic mass is 32.1. The molecule has 1 heterocycles. The highest BCUT2D eigenvalue weighted by Gasteiger charge is 1.98. The van der Waals surface area contributed by atoms with Gasteiger partial charge in [0.15, 0.2) is 0 Å². The van der Waals surface area contributed by atoms with Crippen molar-refractivity contribution in [3.05, 3.63) is 52.2 Å². The number of ether oxygens (including phenoxy) is 2. The summed E-state index contributed by atoms with van der Waals surface area (Å²) in [5, 5.41) is 2.09. The minimum absolute atomic E-state index is 0.403. The Balaban J connectivity index is 1.54. The Morgan fingerprint density at radius 1 is 1.10 bits per heavy atom. The van der Waals surface area contributed by atoms with Gasteiger partial charge in [-0.2, -0.15) is 0 Å². The molecule has 0 spiro atoms. The zero-order valence-corrected chi connectivity index (χ0v) is 13.4. The van der Waals surface area contributed by atoms with Crippen LogP contribution in [0.15, 0.2) is 41.8 Å². The molecule has 0 fully saturated rings. The van der Waals surface area contributed by atoms with Crippen molar-refractivity contribution in [1.82, 2.24) is 0 Å². The van der Waals surface area contributed by atoms with Gasteiger partial charge in [-0.3, -0.25) is 0 Å². The summed E-state index contributed by atoms with van der Waals surface area (Å²) in [6.45, 7) is 2.13. The van der Waals surface area contributed by atoms with E-state index in [9.17, 15) is 0 Å². The first-order chi connectivity index (χ1) is 10.3. The molecule has 2 aromatic rings. The first-order valence-corrected chi connectivity index (χ1v) is 8.17. The van der Waals surface area contributed by atoms with Gasteiger partial charge in [0.05, 0.1) is 13.2 Å². The van der Waals surface area contributed by atoms with Crippen LogP contribution in [0.2, 0.25) is 0 Å². The minimum Gasteiger partial charge on any atom is -0.494 e. The van der Waals surface area contributed by atoms with Crippen LogP contribution in [-0.2, 0) is 11.2 Å². The average Bonchev–Trinajstić information content (AvgIpc) is 3.00. The fourth-order valence-corrected chi connectivity index (χ4v) is 2.62. The number of benzene rings is 1. The molecule has 0 bridgehead atoms. The van der Waals surface area contributed by atoms with Crippen molar-refractivity contribution >= 4 is 28.5 Å². The van der Waals surface area contributed by atoms with Crippen LogP contribution in [0.1, 0.15) is 16.9 Å². The van der Waals surface area contributed by atoms with Crippen molar-refractivity contribution in [3.8, 4) is 5.75 Å². The number of hydrogen-bond acceptors (Lipinski definition) is 4. The molecule has 2 N–H and O–H groups in total. The molecular weight excluding hydrogens is 302 g/mol. The fraction of sp³-hybridized carbons (Fsp3) is 0.312. The van der Waals surface area contributed by atoms with Crippen LogP contribution >= 0.6 is 23.6 Å². The Morgan fingerprint density at radius 3 is 2.57 bits per heavy atom. The largest absolute Gasteiger partial charge is 0.494 e. The maximum Gasteiger partial charge on any atom is 0.119 e. The predicted octanol–water partition coefficient (Wildman–Crippen LogP) is 3.41. The van der Waals surface area contributed by atoms with E-state index in [0.29, 0.717) is 11.6 Å². The number of thiocarbonyl (C=S) groups is 1. The van der Waals surface area contributed by atoms with Gasteiger partial charge < -0.3 is 15.2 Å². The van der Waals surface area contributed by atoms with Gasteiger partial charge in [0.1, 0.15) is 10.7 Å². The highest BCUT2D eigenvalue weighted by Crippen LogP contribution is 2.12. The Bertz CT molecular complexity index is 538. The lowest BCUT2D eigenvalue weighted by molar-refractivity contribution is 0.122. The van der Waals surface area contributed by atoms with Gasteiger partial charge in [0.25, 0.3) is 0 Å². The molecule has 3 nitrogen and oxygen atoms in total. The Labute approximate surface area is 134 Å². The van der Waals surface area contributed by atoms with Gasteiger partial charge in [-0.05, 0) is 35.7 Å². The van der Waals surface area contributed by atoms with Gasteiger partial charge in [-0.25, -0.2) is 0 Å². The Hall–Kier alpha value is -1.43. The van der Waals surface area contributed by atoms with E-state index in [4.69, 9.17) is 27.4 Å². The van der Waals surface area contributed by atoms with Gasteiger partial charge in [0, 0.05) is 29.9 Å². The van der Waals surface area contributed by atoms with Crippen LogP contribution in [0.3, 0.4) is 0 Å². The summed E-state index contributed by atoms with van der Waals surface area (Å²) in [6, 6.07) is 11.7. The second kappa shape index (κ2) is 8.77. The minimum atomic E-state index is 0.403. The van der Waals surface area contributed by atoms with Crippen LogP contribution in [-0.4, -0.2) is 24.8 Å². The summed E-state index contributed by atoms with van der Waals surface area (Å²) in [7, 11) is 0. The van der Waals surface area contributed by atoms with Crippen LogP contribution in [0, 0.1) is 0 Å². The first kappa shape index (κ1) is 15.9. The van der Waals surface area contributed by atoms with Crippen molar-refractivity contribution < 1.29 is 9.47 Å². The van der Waals surface area contributed by atoms with E-state index in [-0.39, 0.29) is 0 Å². The van der Waals surface area contributed by atoms with Crippen molar-refractivity contribution in [2.45, 2.75) is 12.8 Å². The number of thiophene rings is 1. The van der Waals surface area contributed by atoms with Crippen LogP contribution in [0.4, 0.5) is 0 Å². The number of rotatable bonds is 9. The third-order valence-electron chi connectivity index (χ3n) is 2.91. The summed E-state index contributed by atoms with van der Waals surface area (Å²) in [6.07, 6.45) is 1.86. The lowest BCUT2D eigenvalue weighted by Crippen LogP contribution is -2.09. The van der Waals surface area contributed by atoms with Crippen molar-refractivity contribution in [3.63, 3.8) is 0 Å². The molecule has 0 radical (unpaired) electrons. The Morgan fingerprint density at radius 2 is 1.90 bits per heavy atom. The van der Waals surface area contributed by atoms with Gasteiger partial charge >= 0.3 is 0 Å². The van der Waals surface area contributed by atoms with E-state index in [1.165, 1.54) is 4.88 Å². The summed E-state index contributed by atoms with van der Waals surface area (Å²) in [4.78, 5) is 1.77.